The first-order valence-corrected chi connectivity index (χ1v) is 12.0. The quantitative estimate of drug-likeness (QED) is 0.175. The van der Waals surface area contributed by atoms with Crippen molar-refractivity contribution in [3.8, 4) is 0 Å². The van der Waals surface area contributed by atoms with E-state index >= 15 is 0 Å². The maximum atomic E-state index is 6.47. The topological polar surface area (TPSA) is 9.23 Å². The molecule has 0 aliphatic carbocycles. The number of rotatable bonds is 9. The zero-order valence-electron chi connectivity index (χ0n) is 14.2. The Morgan fingerprint density at radius 2 is 1.80 bits per heavy atom. The predicted octanol–water partition coefficient (Wildman–Crippen LogP) is 6.85. The Hall–Kier alpha value is 0.387. The molecule has 0 N–H and O–H groups in total. The summed E-state index contributed by atoms with van der Waals surface area (Å²) in [6, 6.07) is 0. The normalized spacial score (nSPS) is 15.3. The molecule has 0 aliphatic rings. The maximum Gasteiger partial charge on any atom is 0.192 e. The number of hydrogen-bond acceptors (Lipinski definition) is 1. The minimum Gasteiger partial charge on any atom is -0.410 e. The van der Waals surface area contributed by atoms with Gasteiger partial charge in [-0.15, -0.1) is 0 Å². The molecule has 0 radical (unpaired) electrons. The molecule has 1 atom stereocenters. The van der Waals surface area contributed by atoms with Crippen LogP contribution in [0.4, 0.5) is 0 Å². The van der Waals surface area contributed by atoms with Crippen LogP contribution in [0.25, 0.3) is 0 Å². The molecule has 0 rings (SSSR count). The van der Waals surface area contributed by atoms with E-state index in [2.05, 4.69) is 85.7 Å². The van der Waals surface area contributed by atoms with Gasteiger partial charge in [0.25, 0.3) is 0 Å². The van der Waals surface area contributed by atoms with E-state index in [9.17, 15) is 0 Å². The molecule has 0 spiro atoms. The second kappa shape index (κ2) is 10.2. The maximum absolute atomic E-state index is 6.47. The summed E-state index contributed by atoms with van der Waals surface area (Å²) in [7, 11) is -1.67. The Balaban J connectivity index is 4.38. The van der Waals surface area contributed by atoms with Crippen molar-refractivity contribution in [1.29, 1.82) is 0 Å². The van der Waals surface area contributed by atoms with Crippen molar-refractivity contribution in [2.75, 3.05) is 0 Å². The zero-order chi connectivity index (χ0) is 15.6. The fourth-order valence-electron chi connectivity index (χ4n) is 1.66. The summed E-state index contributed by atoms with van der Waals surface area (Å²) >= 11 is 2.29. The summed E-state index contributed by atoms with van der Waals surface area (Å²) in [5.74, 6) is 0. The first-order chi connectivity index (χ1) is 9.24. The lowest BCUT2D eigenvalue weighted by Gasteiger charge is -2.38. The summed E-state index contributed by atoms with van der Waals surface area (Å²) in [5, 5.41) is 0.273. The van der Waals surface area contributed by atoms with Crippen LogP contribution in [-0.2, 0) is 4.43 Å². The molecule has 0 saturated carbocycles. The lowest BCUT2D eigenvalue weighted by atomic mass is 10.1. The van der Waals surface area contributed by atoms with E-state index in [1.807, 2.05) is 0 Å². The van der Waals surface area contributed by atoms with Crippen LogP contribution in [0, 0.1) is 0 Å². The highest BCUT2D eigenvalue weighted by Crippen LogP contribution is 2.37. The lowest BCUT2D eigenvalue weighted by molar-refractivity contribution is 0.228. The van der Waals surface area contributed by atoms with Gasteiger partial charge in [-0.05, 0) is 41.5 Å². The Morgan fingerprint density at radius 1 is 1.15 bits per heavy atom. The van der Waals surface area contributed by atoms with E-state index in [0.717, 1.165) is 6.42 Å². The zero-order valence-corrected chi connectivity index (χ0v) is 17.4. The van der Waals surface area contributed by atoms with Crippen molar-refractivity contribution in [1.82, 2.24) is 0 Å². The summed E-state index contributed by atoms with van der Waals surface area (Å²) in [4.78, 5) is 0. The largest absolute Gasteiger partial charge is 0.410 e. The molecule has 0 heterocycles. The molecule has 0 aliphatic heterocycles. The fourth-order valence-corrected chi connectivity index (χ4v) is 3.41. The third-order valence-electron chi connectivity index (χ3n) is 4.05. The van der Waals surface area contributed by atoms with Crippen LogP contribution in [0.5, 0.6) is 0 Å². The number of halogens is 1. The van der Waals surface area contributed by atoms with E-state index in [4.69, 9.17) is 4.43 Å². The summed E-state index contributed by atoms with van der Waals surface area (Å²) in [6.45, 7) is 13.8. The van der Waals surface area contributed by atoms with Crippen LogP contribution in [0.2, 0.25) is 18.1 Å². The van der Waals surface area contributed by atoms with Gasteiger partial charge in [0.05, 0.1) is 6.10 Å². The first kappa shape index (κ1) is 20.4. The molecule has 20 heavy (non-hydrogen) atoms. The molecule has 0 fully saturated rings. The molecule has 0 aromatic heterocycles. The van der Waals surface area contributed by atoms with Crippen molar-refractivity contribution in [3.05, 3.63) is 22.3 Å². The van der Waals surface area contributed by atoms with Crippen LogP contribution in [0.1, 0.15) is 59.8 Å². The van der Waals surface area contributed by atoms with Gasteiger partial charge in [0, 0.05) is 0 Å². The third-order valence-corrected chi connectivity index (χ3v) is 8.97. The van der Waals surface area contributed by atoms with Crippen molar-refractivity contribution in [2.45, 2.75) is 84.0 Å². The van der Waals surface area contributed by atoms with E-state index < -0.39 is 8.32 Å². The molecular formula is C17H33IOSi. The van der Waals surface area contributed by atoms with Gasteiger partial charge < -0.3 is 4.43 Å². The van der Waals surface area contributed by atoms with Gasteiger partial charge in [-0.1, -0.05) is 81.4 Å². The summed E-state index contributed by atoms with van der Waals surface area (Å²) in [6.07, 6.45) is 13.2. The van der Waals surface area contributed by atoms with Crippen LogP contribution in [0.15, 0.2) is 22.3 Å². The van der Waals surface area contributed by atoms with Crippen molar-refractivity contribution in [3.63, 3.8) is 0 Å². The van der Waals surface area contributed by atoms with Gasteiger partial charge in [-0.25, -0.2) is 0 Å². The second-order valence-corrected chi connectivity index (χ2v) is 12.4. The summed E-state index contributed by atoms with van der Waals surface area (Å²) in [5.41, 5.74) is 0. The standard InChI is InChI=1S/C17H33IOSi/c1-7-8-9-10-11-12-13-16(14-15-18)19-20(5,6)17(2,3)4/h11-12,14-16H,7-10,13H2,1-6H3/b12-11-,15-14+. The number of allylic oxidation sites excluding steroid dienone is 1. The molecule has 0 aromatic rings. The van der Waals surface area contributed by atoms with Gasteiger partial charge in [0.2, 0.25) is 0 Å². The average Bonchev–Trinajstić information content (AvgIpc) is 2.32. The van der Waals surface area contributed by atoms with Gasteiger partial charge in [0.15, 0.2) is 8.32 Å². The molecule has 3 heteroatoms. The highest BCUT2D eigenvalue weighted by Gasteiger charge is 2.38. The molecule has 0 bridgehead atoms. The van der Waals surface area contributed by atoms with E-state index in [0.29, 0.717) is 0 Å². The molecule has 0 saturated heterocycles. The number of hydrogen-bond donors (Lipinski definition) is 0. The van der Waals surface area contributed by atoms with E-state index in [1.165, 1.54) is 25.7 Å². The highest BCUT2D eigenvalue weighted by atomic mass is 127. The Labute approximate surface area is 141 Å². The molecule has 0 amide bonds. The molecular weight excluding hydrogens is 375 g/mol. The average molecular weight is 408 g/mol. The Kier molecular flexibility index (Phi) is 10.4. The molecule has 1 unspecified atom stereocenters. The number of unbranched alkanes of at least 4 members (excludes halogenated alkanes) is 3. The van der Waals surface area contributed by atoms with Gasteiger partial charge in [0.1, 0.15) is 0 Å². The van der Waals surface area contributed by atoms with Gasteiger partial charge in [-0.2, -0.15) is 0 Å². The van der Waals surface area contributed by atoms with Crippen LogP contribution in [-0.4, -0.2) is 14.4 Å². The Bertz CT molecular complexity index is 303. The molecule has 118 valence electrons. The second-order valence-electron chi connectivity index (χ2n) is 6.94. The fraction of sp³-hybridized carbons (Fsp3) is 0.765. The smallest absolute Gasteiger partial charge is 0.192 e. The lowest BCUT2D eigenvalue weighted by Crippen LogP contribution is -2.43. The Morgan fingerprint density at radius 3 is 2.30 bits per heavy atom. The van der Waals surface area contributed by atoms with E-state index in [1.54, 1.807) is 0 Å². The first-order valence-electron chi connectivity index (χ1n) is 7.84. The van der Waals surface area contributed by atoms with Crippen molar-refractivity contribution >= 4 is 30.9 Å². The minimum absolute atomic E-state index is 0.232. The highest BCUT2D eigenvalue weighted by molar-refractivity contribution is 14.1. The van der Waals surface area contributed by atoms with Gasteiger partial charge in [-0.3, -0.25) is 0 Å². The minimum atomic E-state index is -1.67. The molecule has 1 nitrogen and oxygen atoms in total. The predicted molar refractivity (Wildman–Crippen MR) is 103 cm³/mol. The third kappa shape index (κ3) is 8.62. The molecule has 0 aromatic carbocycles. The summed E-state index contributed by atoms with van der Waals surface area (Å²) < 4.78 is 8.55. The monoisotopic (exact) mass is 408 g/mol. The van der Waals surface area contributed by atoms with Crippen LogP contribution < -0.4 is 0 Å². The van der Waals surface area contributed by atoms with E-state index in [-0.39, 0.29) is 11.1 Å². The van der Waals surface area contributed by atoms with Crippen molar-refractivity contribution in [2.24, 2.45) is 0 Å². The van der Waals surface area contributed by atoms with Crippen LogP contribution in [0.3, 0.4) is 0 Å². The van der Waals surface area contributed by atoms with Crippen molar-refractivity contribution < 1.29 is 4.43 Å². The van der Waals surface area contributed by atoms with Crippen LogP contribution >= 0.6 is 22.6 Å². The SMILES string of the molecule is CCCCC/C=C\CC(/C=C/I)O[Si](C)(C)C(C)(C)C. The van der Waals surface area contributed by atoms with Gasteiger partial charge >= 0.3 is 0 Å².